The van der Waals surface area contributed by atoms with E-state index in [1.54, 1.807) is 23.1 Å². The van der Waals surface area contributed by atoms with Crippen molar-refractivity contribution in [3.8, 4) is 5.75 Å². The summed E-state index contributed by atoms with van der Waals surface area (Å²) in [6, 6.07) is 23.1. The van der Waals surface area contributed by atoms with Gasteiger partial charge in [0.2, 0.25) is 6.10 Å². The van der Waals surface area contributed by atoms with Crippen molar-refractivity contribution in [2.24, 2.45) is 0 Å². The highest BCUT2D eigenvalue weighted by atomic mass is 16.6. The molecular weight excluding hydrogens is 356 g/mol. The summed E-state index contributed by atoms with van der Waals surface area (Å²) < 4.78 is 6.04. The molecule has 0 spiro atoms. The van der Waals surface area contributed by atoms with Crippen LogP contribution >= 0.6 is 0 Å². The van der Waals surface area contributed by atoms with Crippen molar-refractivity contribution in [2.75, 3.05) is 11.4 Å². The van der Waals surface area contributed by atoms with E-state index >= 15 is 0 Å². The molecular formula is C22H18N2O4. The third-order valence-corrected chi connectivity index (χ3v) is 4.77. The number of rotatable bonds is 5. The Hall–Kier alpha value is -3.67. The number of fused-ring (bicyclic) bond motifs is 1. The number of amides is 1. The lowest BCUT2D eigenvalue weighted by Crippen LogP contribution is -2.36. The number of carbonyl (C=O) groups is 1. The Morgan fingerprint density at radius 3 is 2.36 bits per heavy atom. The van der Waals surface area contributed by atoms with Crippen molar-refractivity contribution in [3.05, 3.63) is 100 Å². The van der Waals surface area contributed by atoms with Gasteiger partial charge in [-0.2, -0.15) is 0 Å². The molecule has 3 aromatic carbocycles. The molecule has 0 bridgehead atoms. The van der Waals surface area contributed by atoms with Crippen LogP contribution in [0.15, 0.2) is 78.9 Å². The first-order valence-electron chi connectivity index (χ1n) is 8.99. The molecule has 0 N–H and O–H groups in total. The minimum absolute atomic E-state index is 0.0290. The van der Waals surface area contributed by atoms with Crippen molar-refractivity contribution in [3.63, 3.8) is 0 Å². The number of nitrogens with zero attached hydrogens (tertiary/aromatic N) is 2. The molecule has 1 aliphatic heterocycles. The maximum Gasteiger partial charge on any atom is 0.272 e. The standard InChI is InChI=1S/C22H18N2O4/c25-22(23-14-13-16-11-12-18(24(26)27)15-20(16)23)21(17-7-3-1-4-8-17)28-19-9-5-2-6-10-19/h1-12,15,21H,13-14H2. The molecule has 6 heteroatoms. The summed E-state index contributed by atoms with van der Waals surface area (Å²) in [5.74, 6) is 0.345. The molecule has 1 aliphatic rings. The molecule has 1 atom stereocenters. The highest BCUT2D eigenvalue weighted by Crippen LogP contribution is 2.34. The van der Waals surface area contributed by atoms with Crippen molar-refractivity contribution in [1.82, 2.24) is 0 Å². The second kappa shape index (κ2) is 7.52. The fourth-order valence-electron chi connectivity index (χ4n) is 3.38. The Morgan fingerprint density at radius 2 is 1.68 bits per heavy atom. The maximum atomic E-state index is 13.4. The summed E-state index contributed by atoms with van der Waals surface area (Å²) in [7, 11) is 0. The summed E-state index contributed by atoms with van der Waals surface area (Å²) in [5, 5.41) is 11.2. The predicted octanol–water partition coefficient (Wildman–Crippen LogP) is 4.30. The van der Waals surface area contributed by atoms with Crippen molar-refractivity contribution < 1.29 is 14.5 Å². The van der Waals surface area contributed by atoms with E-state index in [9.17, 15) is 14.9 Å². The van der Waals surface area contributed by atoms with E-state index in [0.29, 0.717) is 24.4 Å². The zero-order valence-electron chi connectivity index (χ0n) is 15.0. The minimum atomic E-state index is -0.839. The van der Waals surface area contributed by atoms with Crippen LogP contribution < -0.4 is 9.64 Å². The van der Waals surface area contributed by atoms with Gasteiger partial charge >= 0.3 is 0 Å². The van der Waals surface area contributed by atoms with Crippen molar-refractivity contribution in [2.45, 2.75) is 12.5 Å². The SMILES string of the molecule is O=C(C(Oc1ccccc1)c1ccccc1)N1CCc2ccc([N+](=O)[O-])cc21. The molecule has 28 heavy (non-hydrogen) atoms. The Kier molecular flexibility index (Phi) is 4.76. The normalized spacial score (nSPS) is 13.6. The van der Waals surface area contributed by atoms with Crippen LogP contribution in [0.25, 0.3) is 0 Å². The van der Waals surface area contributed by atoms with Gasteiger partial charge in [-0.25, -0.2) is 0 Å². The number of ether oxygens (including phenoxy) is 1. The number of non-ortho nitro benzene ring substituents is 1. The third kappa shape index (κ3) is 3.44. The number of hydrogen-bond acceptors (Lipinski definition) is 4. The van der Waals surface area contributed by atoms with Gasteiger partial charge in [0.05, 0.1) is 10.6 Å². The Labute approximate surface area is 162 Å². The molecule has 0 fully saturated rings. The van der Waals surface area contributed by atoms with E-state index < -0.39 is 11.0 Å². The smallest absolute Gasteiger partial charge is 0.272 e. The molecule has 1 unspecified atom stereocenters. The molecule has 140 valence electrons. The summed E-state index contributed by atoms with van der Waals surface area (Å²) >= 11 is 0. The van der Waals surface area contributed by atoms with Gasteiger partial charge in [-0.05, 0) is 24.1 Å². The topological polar surface area (TPSA) is 72.7 Å². The molecule has 0 aliphatic carbocycles. The van der Waals surface area contributed by atoms with Gasteiger partial charge in [0.25, 0.3) is 11.6 Å². The average molecular weight is 374 g/mol. The van der Waals surface area contributed by atoms with Crippen LogP contribution in [0.4, 0.5) is 11.4 Å². The fourth-order valence-corrected chi connectivity index (χ4v) is 3.38. The first kappa shape index (κ1) is 17.7. The summed E-state index contributed by atoms with van der Waals surface area (Å²) in [5.41, 5.74) is 2.20. The second-order valence-electron chi connectivity index (χ2n) is 6.53. The maximum absolute atomic E-state index is 13.4. The molecule has 0 aromatic heterocycles. The quantitative estimate of drug-likeness (QED) is 0.493. The number of benzene rings is 3. The van der Waals surface area contributed by atoms with Gasteiger partial charge < -0.3 is 9.64 Å². The van der Waals surface area contributed by atoms with Crippen LogP contribution in [0.5, 0.6) is 5.75 Å². The summed E-state index contributed by atoms with van der Waals surface area (Å²) in [6.07, 6.45) is -0.180. The van der Waals surface area contributed by atoms with Crippen LogP contribution in [0.1, 0.15) is 17.2 Å². The molecule has 0 radical (unpaired) electrons. The number of hydrogen-bond donors (Lipinski definition) is 0. The lowest BCUT2D eigenvalue weighted by Gasteiger charge is -2.25. The molecule has 3 aromatic rings. The monoisotopic (exact) mass is 374 g/mol. The van der Waals surface area contributed by atoms with Crippen molar-refractivity contribution >= 4 is 17.3 Å². The van der Waals surface area contributed by atoms with Crippen LogP contribution in [-0.4, -0.2) is 17.4 Å². The Bertz CT molecular complexity index is 1010. The van der Waals surface area contributed by atoms with Crippen LogP contribution in [0.2, 0.25) is 0 Å². The minimum Gasteiger partial charge on any atom is -0.476 e. The Balaban J connectivity index is 1.69. The number of anilines is 1. The first-order chi connectivity index (χ1) is 13.6. The van der Waals surface area contributed by atoms with E-state index in [1.165, 1.54) is 12.1 Å². The highest BCUT2D eigenvalue weighted by molar-refractivity contribution is 5.99. The van der Waals surface area contributed by atoms with Gasteiger partial charge in [0.15, 0.2) is 0 Å². The van der Waals surface area contributed by atoms with Gasteiger partial charge in [-0.3, -0.25) is 14.9 Å². The van der Waals surface area contributed by atoms with Crippen molar-refractivity contribution in [1.29, 1.82) is 0 Å². The van der Waals surface area contributed by atoms with E-state index in [0.717, 1.165) is 11.1 Å². The van der Waals surface area contributed by atoms with Gasteiger partial charge in [-0.15, -0.1) is 0 Å². The van der Waals surface area contributed by atoms with E-state index in [2.05, 4.69) is 0 Å². The molecule has 1 heterocycles. The predicted molar refractivity (Wildman–Crippen MR) is 105 cm³/mol. The Morgan fingerprint density at radius 1 is 1.00 bits per heavy atom. The number of carbonyl (C=O) groups excluding carboxylic acids is 1. The second-order valence-corrected chi connectivity index (χ2v) is 6.53. The molecule has 0 saturated heterocycles. The van der Waals surface area contributed by atoms with Gasteiger partial charge in [0, 0.05) is 24.2 Å². The molecule has 6 nitrogen and oxygen atoms in total. The van der Waals surface area contributed by atoms with Crippen LogP contribution in [0, 0.1) is 10.1 Å². The lowest BCUT2D eigenvalue weighted by molar-refractivity contribution is -0.384. The number of nitro groups is 1. The van der Waals surface area contributed by atoms with Gasteiger partial charge in [0.1, 0.15) is 5.75 Å². The zero-order chi connectivity index (χ0) is 19.5. The fraction of sp³-hybridized carbons (Fsp3) is 0.136. The zero-order valence-corrected chi connectivity index (χ0v) is 15.0. The van der Waals surface area contributed by atoms with E-state index in [4.69, 9.17) is 4.74 Å². The average Bonchev–Trinajstić information content (AvgIpc) is 3.16. The first-order valence-corrected chi connectivity index (χ1v) is 8.99. The number of nitro benzene ring substituents is 1. The van der Waals surface area contributed by atoms with E-state index in [1.807, 2.05) is 48.5 Å². The summed E-state index contributed by atoms with van der Waals surface area (Å²) in [6.45, 7) is 0.469. The highest BCUT2D eigenvalue weighted by Gasteiger charge is 2.33. The molecule has 0 saturated carbocycles. The van der Waals surface area contributed by atoms with Crippen LogP contribution in [-0.2, 0) is 11.2 Å². The molecule has 4 rings (SSSR count). The summed E-state index contributed by atoms with van der Waals surface area (Å²) in [4.78, 5) is 25.7. The lowest BCUT2D eigenvalue weighted by atomic mass is 10.1. The molecule has 1 amide bonds. The van der Waals surface area contributed by atoms with Gasteiger partial charge in [-0.1, -0.05) is 54.6 Å². The number of para-hydroxylation sites is 1. The third-order valence-electron chi connectivity index (χ3n) is 4.77. The van der Waals surface area contributed by atoms with Crippen LogP contribution in [0.3, 0.4) is 0 Å². The largest absolute Gasteiger partial charge is 0.476 e. The van der Waals surface area contributed by atoms with E-state index in [-0.39, 0.29) is 11.6 Å².